The topological polar surface area (TPSA) is 66.3 Å². The molecule has 3 rings (SSSR count). The van der Waals surface area contributed by atoms with E-state index in [4.69, 9.17) is 4.74 Å². The van der Waals surface area contributed by atoms with Gasteiger partial charge in [0.25, 0.3) is 11.8 Å². The molecule has 0 bridgehead atoms. The molecule has 0 radical (unpaired) electrons. The lowest BCUT2D eigenvalue weighted by Crippen LogP contribution is -3.15. The fourth-order valence-corrected chi connectivity index (χ4v) is 4.52. The van der Waals surface area contributed by atoms with Gasteiger partial charge in [-0.1, -0.05) is 13.8 Å². The summed E-state index contributed by atoms with van der Waals surface area (Å²) in [5.74, 6) is 1.14. The number of carbonyl (C=O) groups excluding carboxylic acids is 2. The molecule has 0 saturated carbocycles. The zero-order valence-corrected chi connectivity index (χ0v) is 18.8. The average Bonchev–Trinajstić information content (AvgIpc) is 2.73. The maximum atomic E-state index is 12.9. The Hall–Kier alpha value is -2.12. The largest absolute Gasteiger partial charge is 0.378 e. The number of likely N-dealkylation sites (tertiary alicyclic amines) is 1. The SMILES string of the molecule is C[C@@H]1C[C@@H](C)CN(C(=O)[C@@H](C)[NH+](C)CC(=O)Nc2ccc(N3CCOCC3)cc2)C1. The van der Waals surface area contributed by atoms with Crippen molar-refractivity contribution in [1.82, 2.24) is 4.90 Å². The standard InChI is InChI=1S/C23H36N4O3/c1-17-13-18(2)15-27(14-17)23(29)19(3)25(4)16-22(28)24-20-5-7-21(8-6-20)26-9-11-30-12-10-26/h5-8,17-19H,9-16H2,1-4H3,(H,24,28)/p+1/t17-,18-,19-/m1/s1. The van der Waals surface area contributed by atoms with Gasteiger partial charge >= 0.3 is 0 Å². The van der Waals surface area contributed by atoms with Gasteiger partial charge in [0, 0.05) is 37.6 Å². The number of nitrogens with one attached hydrogen (secondary N) is 2. The number of rotatable bonds is 6. The van der Waals surface area contributed by atoms with Crippen LogP contribution in [-0.2, 0) is 14.3 Å². The van der Waals surface area contributed by atoms with Gasteiger partial charge in [0.2, 0.25) is 0 Å². The first-order valence-electron chi connectivity index (χ1n) is 11.2. The van der Waals surface area contributed by atoms with Crippen molar-refractivity contribution in [3.63, 3.8) is 0 Å². The average molecular weight is 418 g/mol. The quantitative estimate of drug-likeness (QED) is 0.721. The van der Waals surface area contributed by atoms with E-state index in [0.717, 1.165) is 55.7 Å². The van der Waals surface area contributed by atoms with Crippen LogP contribution in [0.3, 0.4) is 0 Å². The van der Waals surface area contributed by atoms with Gasteiger partial charge in [-0.25, -0.2) is 0 Å². The lowest BCUT2D eigenvalue weighted by Gasteiger charge is -2.36. The number of quaternary nitrogens is 1. The molecule has 2 N–H and O–H groups in total. The summed E-state index contributed by atoms with van der Waals surface area (Å²) in [6, 6.07) is 7.69. The molecule has 2 saturated heterocycles. The molecule has 2 amide bonds. The number of carbonyl (C=O) groups is 2. The van der Waals surface area contributed by atoms with Crippen molar-refractivity contribution in [1.29, 1.82) is 0 Å². The number of amides is 2. The Morgan fingerprint density at radius 2 is 1.73 bits per heavy atom. The van der Waals surface area contributed by atoms with Gasteiger partial charge in [-0.3, -0.25) is 9.59 Å². The van der Waals surface area contributed by atoms with Crippen LogP contribution in [0.4, 0.5) is 11.4 Å². The molecule has 7 nitrogen and oxygen atoms in total. The second-order valence-electron chi connectivity index (χ2n) is 9.13. The number of morpholine rings is 1. The highest BCUT2D eigenvalue weighted by molar-refractivity contribution is 5.91. The van der Waals surface area contributed by atoms with Gasteiger partial charge in [-0.05, 0) is 49.4 Å². The van der Waals surface area contributed by atoms with Gasteiger partial charge in [-0.2, -0.15) is 0 Å². The number of likely N-dealkylation sites (N-methyl/N-ethyl adjacent to an activating group) is 1. The third-order valence-corrected chi connectivity index (χ3v) is 6.26. The van der Waals surface area contributed by atoms with E-state index >= 15 is 0 Å². The molecular weight excluding hydrogens is 380 g/mol. The molecule has 30 heavy (non-hydrogen) atoms. The van der Waals surface area contributed by atoms with Gasteiger partial charge < -0.3 is 24.8 Å². The first kappa shape index (κ1) is 22.6. The molecule has 2 aliphatic heterocycles. The van der Waals surface area contributed by atoms with Crippen LogP contribution in [0.25, 0.3) is 0 Å². The minimum absolute atomic E-state index is 0.0772. The highest BCUT2D eigenvalue weighted by atomic mass is 16.5. The fourth-order valence-electron chi connectivity index (χ4n) is 4.52. The van der Waals surface area contributed by atoms with Gasteiger partial charge in [-0.15, -0.1) is 0 Å². The molecule has 2 fully saturated rings. The van der Waals surface area contributed by atoms with E-state index in [1.165, 1.54) is 6.42 Å². The van der Waals surface area contributed by atoms with Crippen molar-refractivity contribution in [3.05, 3.63) is 24.3 Å². The van der Waals surface area contributed by atoms with E-state index in [-0.39, 0.29) is 24.4 Å². The van der Waals surface area contributed by atoms with Crippen LogP contribution in [0.1, 0.15) is 27.2 Å². The summed E-state index contributed by atoms with van der Waals surface area (Å²) in [6.45, 7) is 11.5. The molecule has 166 valence electrons. The Kier molecular flexibility index (Phi) is 7.72. The predicted octanol–water partition coefficient (Wildman–Crippen LogP) is 0.869. The zero-order valence-electron chi connectivity index (χ0n) is 18.8. The smallest absolute Gasteiger partial charge is 0.280 e. The maximum absolute atomic E-state index is 12.9. The molecule has 2 aliphatic rings. The summed E-state index contributed by atoms with van der Waals surface area (Å²) in [5.41, 5.74) is 1.92. The molecule has 2 heterocycles. The van der Waals surface area contributed by atoms with Crippen molar-refractivity contribution in [2.75, 3.05) is 63.2 Å². The van der Waals surface area contributed by atoms with E-state index < -0.39 is 0 Å². The molecule has 1 aromatic rings. The number of piperidine rings is 1. The number of hydrogen-bond donors (Lipinski definition) is 2. The van der Waals surface area contributed by atoms with Crippen LogP contribution in [0, 0.1) is 11.8 Å². The molecule has 1 aromatic carbocycles. The van der Waals surface area contributed by atoms with E-state index in [0.29, 0.717) is 11.8 Å². The van der Waals surface area contributed by atoms with E-state index in [1.807, 2.05) is 43.1 Å². The van der Waals surface area contributed by atoms with Crippen LogP contribution in [0.2, 0.25) is 0 Å². The van der Waals surface area contributed by atoms with E-state index in [1.54, 1.807) is 0 Å². The first-order valence-corrected chi connectivity index (χ1v) is 11.2. The number of anilines is 2. The van der Waals surface area contributed by atoms with Gasteiger partial charge in [0.15, 0.2) is 12.6 Å². The van der Waals surface area contributed by atoms with Crippen molar-refractivity contribution in [2.45, 2.75) is 33.2 Å². The maximum Gasteiger partial charge on any atom is 0.280 e. The lowest BCUT2D eigenvalue weighted by molar-refractivity contribution is -0.886. The molecule has 1 unspecified atom stereocenters. The fraction of sp³-hybridized carbons (Fsp3) is 0.652. The third kappa shape index (κ3) is 5.95. The Morgan fingerprint density at radius 3 is 2.33 bits per heavy atom. The molecule has 0 aromatic heterocycles. The first-order chi connectivity index (χ1) is 14.3. The highest BCUT2D eigenvalue weighted by Gasteiger charge is 2.32. The van der Waals surface area contributed by atoms with Crippen LogP contribution in [0.15, 0.2) is 24.3 Å². The van der Waals surface area contributed by atoms with Crippen molar-refractivity contribution in [3.8, 4) is 0 Å². The minimum Gasteiger partial charge on any atom is -0.378 e. The summed E-state index contributed by atoms with van der Waals surface area (Å²) in [5, 5.41) is 2.96. The summed E-state index contributed by atoms with van der Waals surface area (Å²) >= 11 is 0. The third-order valence-electron chi connectivity index (χ3n) is 6.26. The number of benzene rings is 1. The zero-order chi connectivity index (χ0) is 21.7. The van der Waals surface area contributed by atoms with Crippen molar-refractivity contribution in [2.24, 2.45) is 11.8 Å². The van der Waals surface area contributed by atoms with E-state index in [2.05, 4.69) is 24.1 Å². The second-order valence-corrected chi connectivity index (χ2v) is 9.13. The van der Waals surface area contributed by atoms with Crippen LogP contribution in [0.5, 0.6) is 0 Å². The predicted molar refractivity (Wildman–Crippen MR) is 119 cm³/mol. The summed E-state index contributed by atoms with van der Waals surface area (Å²) in [7, 11) is 1.92. The van der Waals surface area contributed by atoms with E-state index in [9.17, 15) is 9.59 Å². The molecular formula is C23H37N4O3+. The minimum atomic E-state index is -0.239. The molecule has 0 spiro atoms. The van der Waals surface area contributed by atoms with Crippen LogP contribution in [-0.4, -0.2) is 75.7 Å². The van der Waals surface area contributed by atoms with Crippen LogP contribution >= 0.6 is 0 Å². The Labute approximate surface area is 180 Å². The highest BCUT2D eigenvalue weighted by Crippen LogP contribution is 2.21. The summed E-state index contributed by atoms with van der Waals surface area (Å²) in [4.78, 5) is 30.6. The Bertz CT molecular complexity index is 708. The van der Waals surface area contributed by atoms with Crippen molar-refractivity contribution < 1.29 is 19.2 Å². The number of ether oxygens (including phenoxy) is 1. The van der Waals surface area contributed by atoms with Crippen molar-refractivity contribution >= 4 is 23.2 Å². The second kappa shape index (κ2) is 10.3. The Morgan fingerprint density at radius 1 is 1.13 bits per heavy atom. The summed E-state index contributed by atoms with van der Waals surface area (Å²) in [6.07, 6.45) is 1.17. The molecule has 0 aliphatic carbocycles. The number of nitrogens with zero attached hydrogens (tertiary/aromatic N) is 2. The summed E-state index contributed by atoms with van der Waals surface area (Å²) < 4.78 is 5.39. The van der Waals surface area contributed by atoms with Gasteiger partial charge in [0.05, 0.1) is 20.3 Å². The lowest BCUT2D eigenvalue weighted by atomic mass is 9.91. The molecule has 4 atom stereocenters. The normalized spacial score (nSPS) is 24.3. The molecule has 7 heteroatoms. The van der Waals surface area contributed by atoms with Crippen LogP contribution < -0.4 is 15.1 Å². The number of hydrogen-bond acceptors (Lipinski definition) is 4. The monoisotopic (exact) mass is 417 g/mol. The van der Waals surface area contributed by atoms with Gasteiger partial charge in [0.1, 0.15) is 0 Å². The Balaban J connectivity index is 1.49.